The van der Waals surface area contributed by atoms with Crippen LogP contribution in [0.25, 0.3) is 17.0 Å². The van der Waals surface area contributed by atoms with Gasteiger partial charge in [0.25, 0.3) is 0 Å². The maximum Gasteiger partial charge on any atom is 0.339 e. The van der Waals surface area contributed by atoms with Crippen LogP contribution in [-0.4, -0.2) is 22.9 Å². The Hall–Kier alpha value is -1.81. The summed E-state index contributed by atoms with van der Waals surface area (Å²) in [6, 6.07) is 1.76. The van der Waals surface area contributed by atoms with Gasteiger partial charge in [0.2, 0.25) is 0 Å². The number of esters is 1. The third-order valence-corrected chi connectivity index (χ3v) is 2.95. The van der Waals surface area contributed by atoms with E-state index in [2.05, 4.69) is 11.7 Å². The summed E-state index contributed by atoms with van der Waals surface area (Å²) in [5, 5.41) is 5.27. The van der Waals surface area contributed by atoms with Gasteiger partial charge in [0.1, 0.15) is 0 Å². The van der Waals surface area contributed by atoms with Crippen molar-refractivity contribution in [2.24, 2.45) is 7.05 Å². The van der Waals surface area contributed by atoms with Crippen LogP contribution in [-0.2, 0) is 11.8 Å². The molecule has 0 saturated heterocycles. The number of hydrogen-bond acceptors (Lipinski definition) is 3. The molecule has 0 aliphatic heterocycles. The molecule has 0 amide bonds. The van der Waals surface area contributed by atoms with Gasteiger partial charge in [-0.1, -0.05) is 24.3 Å². The zero-order chi connectivity index (χ0) is 12.6. The number of halogens is 1. The van der Waals surface area contributed by atoms with Crippen molar-refractivity contribution >= 4 is 34.5 Å². The lowest BCUT2D eigenvalue weighted by molar-refractivity contribution is 0.0603. The average Bonchev–Trinajstić information content (AvgIpc) is 2.68. The molecule has 0 N–H and O–H groups in total. The largest absolute Gasteiger partial charge is 0.465 e. The van der Waals surface area contributed by atoms with Crippen molar-refractivity contribution in [2.45, 2.75) is 0 Å². The zero-order valence-corrected chi connectivity index (χ0v) is 10.3. The quantitative estimate of drug-likeness (QED) is 0.770. The number of aryl methyl sites for hydroxylation is 1. The van der Waals surface area contributed by atoms with E-state index in [1.807, 2.05) is 0 Å². The van der Waals surface area contributed by atoms with Crippen LogP contribution >= 0.6 is 11.6 Å². The summed E-state index contributed by atoms with van der Waals surface area (Å²) in [6.07, 6.45) is 3.16. The van der Waals surface area contributed by atoms with Gasteiger partial charge in [-0.25, -0.2) is 4.79 Å². The molecule has 0 saturated carbocycles. The molecule has 0 bridgehead atoms. The first-order chi connectivity index (χ1) is 8.10. The van der Waals surface area contributed by atoms with Crippen molar-refractivity contribution in [3.8, 4) is 0 Å². The summed E-state index contributed by atoms with van der Waals surface area (Å²) < 4.78 is 6.42. The third-order valence-electron chi connectivity index (χ3n) is 2.64. The van der Waals surface area contributed by atoms with Crippen molar-refractivity contribution in [3.05, 3.63) is 35.0 Å². The molecule has 0 atom stereocenters. The monoisotopic (exact) mass is 250 g/mol. The van der Waals surface area contributed by atoms with Gasteiger partial charge in [-0.15, -0.1) is 0 Å². The molecule has 0 fully saturated rings. The number of methoxy groups -OCH3 is 1. The first-order valence-electron chi connectivity index (χ1n) is 4.95. The van der Waals surface area contributed by atoms with Crippen LogP contribution in [0, 0.1) is 0 Å². The van der Waals surface area contributed by atoms with E-state index in [9.17, 15) is 4.79 Å². The molecular formula is C12H11ClN2O2. The van der Waals surface area contributed by atoms with Gasteiger partial charge < -0.3 is 4.74 Å². The number of carbonyl (C=O) groups is 1. The van der Waals surface area contributed by atoms with E-state index in [-0.39, 0.29) is 0 Å². The smallest absolute Gasteiger partial charge is 0.339 e. The molecule has 0 radical (unpaired) electrons. The Morgan fingerprint density at radius 3 is 2.94 bits per heavy atom. The van der Waals surface area contributed by atoms with Crippen LogP contribution in [0.5, 0.6) is 0 Å². The summed E-state index contributed by atoms with van der Waals surface area (Å²) in [5.74, 6) is -0.444. The Balaban J connectivity index is 2.92. The molecule has 4 nitrogen and oxygen atoms in total. The minimum atomic E-state index is -0.444. The second-order valence-corrected chi connectivity index (χ2v) is 3.95. The van der Waals surface area contributed by atoms with Crippen LogP contribution in [0.2, 0.25) is 5.02 Å². The van der Waals surface area contributed by atoms with Crippen LogP contribution < -0.4 is 0 Å². The van der Waals surface area contributed by atoms with Crippen molar-refractivity contribution in [1.82, 2.24) is 9.78 Å². The summed E-state index contributed by atoms with van der Waals surface area (Å²) >= 11 is 6.12. The van der Waals surface area contributed by atoms with E-state index < -0.39 is 5.97 Å². The summed E-state index contributed by atoms with van der Waals surface area (Å²) in [6.45, 7) is 3.66. The number of hydrogen-bond donors (Lipinski definition) is 0. The maximum absolute atomic E-state index is 11.8. The Bertz CT molecular complexity index is 616. The van der Waals surface area contributed by atoms with Crippen molar-refractivity contribution in [3.63, 3.8) is 0 Å². The highest BCUT2D eigenvalue weighted by Crippen LogP contribution is 2.30. The van der Waals surface area contributed by atoms with E-state index in [4.69, 9.17) is 16.3 Å². The molecule has 0 aliphatic carbocycles. The number of aromatic nitrogens is 2. The molecular weight excluding hydrogens is 240 g/mol. The lowest BCUT2D eigenvalue weighted by Crippen LogP contribution is -2.05. The van der Waals surface area contributed by atoms with E-state index >= 15 is 0 Å². The highest BCUT2D eigenvalue weighted by molar-refractivity contribution is 6.34. The second-order valence-electron chi connectivity index (χ2n) is 3.54. The lowest BCUT2D eigenvalue weighted by Gasteiger charge is -2.08. The summed E-state index contributed by atoms with van der Waals surface area (Å²) in [5.41, 5.74) is 1.75. The highest BCUT2D eigenvalue weighted by Gasteiger charge is 2.19. The molecule has 2 rings (SSSR count). The van der Waals surface area contributed by atoms with E-state index in [0.717, 1.165) is 5.52 Å². The first-order valence-corrected chi connectivity index (χ1v) is 5.33. The maximum atomic E-state index is 11.8. The van der Waals surface area contributed by atoms with Gasteiger partial charge >= 0.3 is 5.97 Å². The summed E-state index contributed by atoms with van der Waals surface area (Å²) in [7, 11) is 3.12. The number of nitrogens with zero attached hydrogens (tertiary/aromatic N) is 2. The Kier molecular flexibility index (Phi) is 2.90. The van der Waals surface area contributed by atoms with Crippen molar-refractivity contribution in [2.75, 3.05) is 7.11 Å². The van der Waals surface area contributed by atoms with Gasteiger partial charge in [0, 0.05) is 18.0 Å². The molecule has 0 aliphatic rings. The van der Waals surface area contributed by atoms with Gasteiger partial charge in [-0.05, 0) is 6.07 Å². The van der Waals surface area contributed by atoms with Crippen molar-refractivity contribution < 1.29 is 9.53 Å². The molecule has 0 unspecified atom stereocenters. The molecule has 0 spiro atoms. The predicted octanol–water partition coefficient (Wildman–Crippen LogP) is 2.66. The fourth-order valence-corrected chi connectivity index (χ4v) is 2.07. The van der Waals surface area contributed by atoms with Crippen LogP contribution in [0.15, 0.2) is 18.8 Å². The number of carbonyl (C=O) groups excluding carboxylic acids is 1. The minimum Gasteiger partial charge on any atom is -0.465 e. The molecule has 5 heteroatoms. The molecule has 2 aromatic rings. The minimum absolute atomic E-state index is 0.401. The fourth-order valence-electron chi connectivity index (χ4n) is 1.79. The van der Waals surface area contributed by atoms with E-state index in [1.54, 1.807) is 30.1 Å². The highest BCUT2D eigenvalue weighted by atomic mass is 35.5. The average molecular weight is 251 g/mol. The number of fused-ring (bicyclic) bond motifs is 1. The fraction of sp³-hybridized carbons (Fsp3) is 0.167. The second kappa shape index (κ2) is 4.22. The van der Waals surface area contributed by atoms with Gasteiger partial charge in [0.15, 0.2) is 0 Å². The van der Waals surface area contributed by atoms with Crippen LogP contribution in [0.1, 0.15) is 15.9 Å². The summed E-state index contributed by atoms with van der Waals surface area (Å²) in [4.78, 5) is 11.8. The van der Waals surface area contributed by atoms with Gasteiger partial charge in [-0.3, -0.25) is 4.68 Å². The third kappa shape index (κ3) is 1.70. The number of rotatable bonds is 2. The number of benzene rings is 1. The van der Waals surface area contributed by atoms with Crippen molar-refractivity contribution in [1.29, 1.82) is 0 Å². The Labute approximate surface area is 103 Å². The van der Waals surface area contributed by atoms with Gasteiger partial charge in [0.05, 0.1) is 29.4 Å². The first kappa shape index (κ1) is 11.7. The topological polar surface area (TPSA) is 44.1 Å². The molecule has 1 aromatic heterocycles. The SMILES string of the molecule is C=Cc1c(Cl)cc2c(cnn2C)c1C(=O)OC. The molecule has 1 aromatic carbocycles. The lowest BCUT2D eigenvalue weighted by atomic mass is 10.0. The zero-order valence-electron chi connectivity index (χ0n) is 9.53. The van der Waals surface area contributed by atoms with E-state index in [0.29, 0.717) is 21.5 Å². The van der Waals surface area contributed by atoms with Crippen LogP contribution in [0.3, 0.4) is 0 Å². The standard InChI is InChI=1S/C12H11ClN2O2/c1-4-7-9(13)5-10-8(6-14-15(10)2)11(7)12(16)17-3/h4-6H,1H2,2-3H3. The normalized spacial score (nSPS) is 10.5. The predicted molar refractivity (Wildman–Crippen MR) is 67.2 cm³/mol. The molecule has 88 valence electrons. The number of ether oxygens (including phenoxy) is 1. The van der Waals surface area contributed by atoms with E-state index in [1.165, 1.54) is 7.11 Å². The Morgan fingerprint density at radius 2 is 2.35 bits per heavy atom. The van der Waals surface area contributed by atoms with Gasteiger partial charge in [-0.2, -0.15) is 5.10 Å². The van der Waals surface area contributed by atoms with Crippen LogP contribution in [0.4, 0.5) is 0 Å². The molecule has 1 heterocycles. The molecule has 17 heavy (non-hydrogen) atoms. The Morgan fingerprint density at radius 1 is 1.65 bits per heavy atom.